The van der Waals surface area contributed by atoms with E-state index in [1.165, 1.54) is 0 Å². The molecule has 0 heterocycles. The number of hydrogen-bond donors (Lipinski definition) is 2. The Morgan fingerprint density at radius 3 is 2.10 bits per heavy atom. The van der Waals surface area contributed by atoms with Crippen molar-refractivity contribution in [3.8, 4) is 0 Å². The number of alkyl halides is 2. The first-order valence-corrected chi connectivity index (χ1v) is 2.49. The Morgan fingerprint density at radius 1 is 1.30 bits per heavy atom. The molecule has 0 aliphatic carbocycles. The third-order valence-electron chi connectivity index (χ3n) is 0.743. The van der Waals surface area contributed by atoms with Crippen LogP contribution in [0.2, 0.25) is 0 Å². The van der Waals surface area contributed by atoms with Crippen LogP contribution in [-0.2, 0) is 0 Å². The fourth-order valence-electron chi connectivity index (χ4n) is 0.358. The molecule has 0 atom stereocenters. The molecule has 0 amide bonds. The van der Waals surface area contributed by atoms with Crippen molar-refractivity contribution >= 4 is 24.8 Å². The third kappa shape index (κ3) is 15.8. The van der Waals surface area contributed by atoms with Crippen LogP contribution >= 0.6 is 24.8 Å². The van der Waals surface area contributed by atoms with Crippen LogP contribution in [0.25, 0.3) is 0 Å². The summed E-state index contributed by atoms with van der Waals surface area (Å²) < 4.78 is 22.6. The van der Waals surface area contributed by atoms with Crippen LogP contribution in [0, 0.1) is 0 Å². The Balaban J connectivity index is -0.000000245. The highest BCUT2D eigenvalue weighted by Crippen LogP contribution is 2.00. The molecular weight excluding hydrogens is 185 g/mol. The summed E-state index contributed by atoms with van der Waals surface area (Å²) in [6.07, 6.45) is -1.82. The molecule has 0 aromatic heterocycles. The zero-order chi connectivity index (χ0) is 6.41. The molecule has 0 aliphatic heterocycles. The fraction of sp³-hybridized carbons (Fsp3) is 1.00. The van der Waals surface area contributed by atoms with Crippen molar-refractivity contribution in [3.05, 3.63) is 0 Å². The number of halogens is 4. The highest BCUT2D eigenvalue weighted by molar-refractivity contribution is 5.85. The number of nitrogens with two attached hydrogens (primary N) is 1. The number of hydrazine groups is 1. The molecule has 0 saturated heterocycles. The van der Waals surface area contributed by atoms with Gasteiger partial charge in [0.15, 0.2) is 0 Å². The van der Waals surface area contributed by atoms with E-state index in [4.69, 9.17) is 5.84 Å². The zero-order valence-electron chi connectivity index (χ0n) is 5.35. The van der Waals surface area contributed by atoms with Gasteiger partial charge in [-0.2, -0.15) is 0 Å². The average molecular weight is 197 g/mol. The van der Waals surface area contributed by atoms with Crippen LogP contribution in [0.3, 0.4) is 0 Å². The standard InChI is InChI=1S/C4H10F2N2.2ClH/c5-4(6)2-1-3-8-7;;/h4,8H,1-3,7H2;2*1H. The van der Waals surface area contributed by atoms with Crippen molar-refractivity contribution in [1.29, 1.82) is 0 Å². The molecule has 0 fully saturated rings. The molecule has 3 N–H and O–H groups in total. The molecule has 0 unspecified atom stereocenters. The largest absolute Gasteiger partial charge is 0.271 e. The van der Waals surface area contributed by atoms with Crippen molar-refractivity contribution in [2.45, 2.75) is 19.3 Å². The lowest BCUT2D eigenvalue weighted by molar-refractivity contribution is 0.135. The molecule has 0 spiro atoms. The molecule has 0 aromatic rings. The Hall–Kier alpha value is 0.360. The van der Waals surface area contributed by atoms with E-state index in [-0.39, 0.29) is 31.2 Å². The van der Waals surface area contributed by atoms with Crippen LogP contribution in [0.4, 0.5) is 8.78 Å². The second-order valence-corrected chi connectivity index (χ2v) is 1.49. The summed E-state index contributed by atoms with van der Waals surface area (Å²) in [5.74, 6) is 4.82. The Bertz CT molecular complexity index is 56.5. The van der Waals surface area contributed by atoms with E-state index in [2.05, 4.69) is 5.43 Å². The summed E-state index contributed by atoms with van der Waals surface area (Å²) in [6, 6.07) is 0. The predicted molar refractivity (Wildman–Crippen MR) is 41.9 cm³/mol. The Morgan fingerprint density at radius 2 is 1.80 bits per heavy atom. The van der Waals surface area contributed by atoms with Gasteiger partial charge in [0.25, 0.3) is 0 Å². The average Bonchev–Trinajstić information content (AvgIpc) is 1.66. The van der Waals surface area contributed by atoms with Gasteiger partial charge < -0.3 is 0 Å². The van der Waals surface area contributed by atoms with Gasteiger partial charge in [0.2, 0.25) is 6.43 Å². The van der Waals surface area contributed by atoms with Crippen molar-refractivity contribution < 1.29 is 8.78 Å². The van der Waals surface area contributed by atoms with E-state index < -0.39 is 6.43 Å². The van der Waals surface area contributed by atoms with Gasteiger partial charge in [-0.05, 0) is 6.42 Å². The summed E-state index contributed by atoms with van der Waals surface area (Å²) in [6.45, 7) is 0.463. The van der Waals surface area contributed by atoms with E-state index in [0.29, 0.717) is 13.0 Å². The maximum absolute atomic E-state index is 11.3. The van der Waals surface area contributed by atoms with Crippen LogP contribution in [0.5, 0.6) is 0 Å². The number of nitrogens with one attached hydrogen (secondary N) is 1. The van der Waals surface area contributed by atoms with Crippen molar-refractivity contribution in [2.75, 3.05) is 6.54 Å². The number of hydrogen-bond acceptors (Lipinski definition) is 2. The summed E-state index contributed by atoms with van der Waals surface area (Å²) in [5, 5.41) is 0. The first kappa shape index (κ1) is 16.8. The minimum Gasteiger partial charge on any atom is -0.271 e. The molecule has 2 nitrogen and oxygen atoms in total. The van der Waals surface area contributed by atoms with E-state index in [9.17, 15) is 8.78 Å². The predicted octanol–water partition coefficient (Wildman–Crippen LogP) is 1.34. The van der Waals surface area contributed by atoms with E-state index >= 15 is 0 Å². The Labute approximate surface area is 71.3 Å². The van der Waals surface area contributed by atoms with Gasteiger partial charge in [0.05, 0.1) is 0 Å². The summed E-state index contributed by atoms with van der Waals surface area (Å²) in [7, 11) is 0. The van der Waals surface area contributed by atoms with Gasteiger partial charge in [0, 0.05) is 13.0 Å². The molecular formula is C4H12Cl2F2N2. The molecule has 0 saturated carbocycles. The van der Waals surface area contributed by atoms with Crippen molar-refractivity contribution in [2.24, 2.45) is 5.84 Å². The molecule has 0 bridgehead atoms. The molecule has 6 heteroatoms. The zero-order valence-corrected chi connectivity index (χ0v) is 6.98. The summed E-state index contributed by atoms with van der Waals surface area (Å²) in [4.78, 5) is 0. The van der Waals surface area contributed by atoms with Crippen molar-refractivity contribution in [3.63, 3.8) is 0 Å². The number of rotatable bonds is 4. The van der Waals surface area contributed by atoms with Crippen LogP contribution in [0.15, 0.2) is 0 Å². The van der Waals surface area contributed by atoms with E-state index in [1.54, 1.807) is 0 Å². The normalized spacial score (nSPS) is 8.40. The molecule has 0 aliphatic rings. The Kier molecular flexibility index (Phi) is 20.2. The van der Waals surface area contributed by atoms with Gasteiger partial charge >= 0.3 is 0 Å². The maximum Gasteiger partial charge on any atom is 0.238 e. The monoisotopic (exact) mass is 196 g/mol. The second kappa shape index (κ2) is 12.1. The topological polar surface area (TPSA) is 38.0 Å². The quantitative estimate of drug-likeness (QED) is 0.405. The molecule has 0 radical (unpaired) electrons. The van der Waals surface area contributed by atoms with Gasteiger partial charge in [-0.3, -0.25) is 11.3 Å². The van der Waals surface area contributed by atoms with Crippen LogP contribution < -0.4 is 11.3 Å². The van der Waals surface area contributed by atoms with Gasteiger partial charge in [-0.25, -0.2) is 8.78 Å². The maximum atomic E-state index is 11.3. The fourth-order valence-corrected chi connectivity index (χ4v) is 0.358. The van der Waals surface area contributed by atoms with Gasteiger partial charge in [0.1, 0.15) is 0 Å². The van der Waals surface area contributed by atoms with E-state index in [1.807, 2.05) is 0 Å². The molecule has 66 valence electrons. The van der Waals surface area contributed by atoms with Crippen molar-refractivity contribution in [1.82, 2.24) is 5.43 Å². The first-order valence-electron chi connectivity index (χ1n) is 2.49. The highest BCUT2D eigenvalue weighted by atomic mass is 35.5. The molecule has 0 rings (SSSR count). The van der Waals surface area contributed by atoms with E-state index in [0.717, 1.165) is 0 Å². The minimum atomic E-state index is -2.19. The molecule has 0 aromatic carbocycles. The SMILES string of the molecule is Cl.Cl.NNCCCC(F)F. The second-order valence-electron chi connectivity index (χ2n) is 1.49. The van der Waals surface area contributed by atoms with Gasteiger partial charge in [-0.1, -0.05) is 0 Å². The first-order chi connectivity index (χ1) is 3.77. The highest BCUT2D eigenvalue weighted by Gasteiger charge is 1.98. The lowest BCUT2D eigenvalue weighted by Gasteiger charge is -1.96. The minimum absolute atomic E-state index is 0. The summed E-state index contributed by atoms with van der Waals surface area (Å²) >= 11 is 0. The smallest absolute Gasteiger partial charge is 0.238 e. The third-order valence-corrected chi connectivity index (χ3v) is 0.743. The lowest BCUT2D eigenvalue weighted by atomic mass is 10.3. The van der Waals surface area contributed by atoms with Gasteiger partial charge in [-0.15, -0.1) is 24.8 Å². The van der Waals surface area contributed by atoms with Crippen LogP contribution in [-0.4, -0.2) is 13.0 Å². The van der Waals surface area contributed by atoms with Crippen LogP contribution in [0.1, 0.15) is 12.8 Å². The lowest BCUT2D eigenvalue weighted by Crippen LogP contribution is -2.23. The summed E-state index contributed by atoms with van der Waals surface area (Å²) in [5.41, 5.74) is 2.29. The molecule has 10 heavy (non-hydrogen) atoms.